The molecule has 1 amide bonds. The molecule has 0 radical (unpaired) electrons. The molecule has 0 saturated carbocycles. The van der Waals surface area contributed by atoms with E-state index in [-0.39, 0.29) is 16.2 Å². The highest BCUT2D eigenvalue weighted by Gasteiger charge is 2.31. The Morgan fingerprint density at radius 3 is 2.82 bits per heavy atom. The van der Waals surface area contributed by atoms with Crippen LogP contribution in [0, 0.1) is 0 Å². The monoisotopic (exact) mass is 415 g/mol. The van der Waals surface area contributed by atoms with E-state index in [0.717, 1.165) is 5.56 Å². The van der Waals surface area contributed by atoms with Gasteiger partial charge in [0.05, 0.1) is 23.3 Å². The highest BCUT2D eigenvalue weighted by atomic mass is 32.2. The molecule has 7 nitrogen and oxygen atoms in total. The molecule has 2 aromatic carbocycles. The van der Waals surface area contributed by atoms with Crippen LogP contribution in [0.5, 0.6) is 5.75 Å². The molecule has 0 fully saturated rings. The maximum atomic E-state index is 13.2. The van der Waals surface area contributed by atoms with Gasteiger partial charge in [-0.15, -0.1) is 11.3 Å². The number of sulfonamides is 1. The van der Waals surface area contributed by atoms with Gasteiger partial charge in [-0.05, 0) is 36.2 Å². The van der Waals surface area contributed by atoms with Crippen molar-refractivity contribution in [3.63, 3.8) is 0 Å². The first kappa shape index (κ1) is 18.5. The molecule has 9 heteroatoms. The number of carbonyl (C=O) groups is 1. The van der Waals surface area contributed by atoms with E-state index in [1.165, 1.54) is 41.0 Å². The summed E-state index contributed by atoms with van der Waals surface area (Å²) < 4.78 is 33.1. The van der Waals surface area contributed by atoms with E-state index in [9.17, 15) is 13.2 Å². The number of hydrogen-bond donors (Lipinski definition) is 1. The summed E-state index contributed by atoms with van der Waals surface area (Å²) in [5.74, 6) is -0.194. The van der Waals surface area contributed by atoms with E-state index in [4.69, 9.17) is 4.74 Å². The lowest BCUT2D eigenvalue weighted by molar-refractivity contribution is 0.102. The molecule has 4 rings (SSSR count). The van der Waals surface area contributed by atoms with Gasteiger partial charge in [0.25, 0.3) is 15.9 Å². The molecular weight excluding hydrogens is 398 g/mol. The fourth-order valence-electron chi connectivity index (χ4n) is 3.16. The van der Waals surface area contributed by atoms with Crippen LogP contribution in [0.3, 0.4) is 0 Å². The Morgan fingerprint density at radius 1 is 1.25 bits per heavy atom. The van der Waals surface area contributed by atoms with Gasteiger partial charge >= 0.3 is 0 Å². The van der Waals surface area contributed by atoms with Gasteiger partial charge in [0.1, 0.15) is 5.75 Å². The Kier molecular flexibility index (Phi) is 4.78. The standard InChI is InChI=1S/C19H17N3O4S2/c1-26-17-7-6-14(12-15(17)18(23)21-19-20-9-11-27-19)28(24,25)22-10-8-13-4-2-3-5-16(13)22/h2-7,9,11-12H,8,10H2,1H3,(H,20,21,23). The quantitative estimate of drug-likeness (QED) is 0.692. The second kappa shape index (κ2) is 7.25. The second-order valence-electron chi connectivity index (χ2n) is 6.11. The number of aromatic nitrogens is 1. The van der Waals surface area contributed by atoms with Gasteiger partial charge in [0.2, 0.25) is 0 Å². The van der Waals surface area contributed by atoms with Crippen LogP contribution in [0.2, 0.25) is 0 Å². The molecule has 1 N–H and O–H groups in total. The fourth-order valence-corrected chi connectivity index (χ4v) is 5.21. The Labute approximate surface area is 166 Å². The lowest BCUT2D eigenvalue weighted by atomic mass is 10.2. The average Bonchev–Trinajstić information content (AvgIpc) is 3.37. The summed E-state index contributed by atoms with van der Waals surface area (Å²) in [6, 6.07) is 11.7. The molecule has 0 spiro atoms. The van der Waals surface area contributed by atoms with Crippen LogP contribution in [-0.4, -0.2) is 33.0 Å². The third-order valence-electron chi connectivity index (χ3n) is 4.50. The molecule has 0 bridgehead atoms. The minimum absolute atomic E-state index is 0.0364. The Morgan fingerprint density at radius 2 is 2.07 bits per heavy atom. The van der Waals surface area contributed by atoms with Crippen molar-refractivity contribution in [3.8, 4) is 5.75 Å². The maximum Gasteiger partial charge on any atom is 0.264 e. The molecule has 1 aromatic heterocycles. The van der Waals surface area contributed by atoms with Gasteiger partial charge in [0.15, 0.2) is 5.13 Å². The number of carbonyl (C=O) groups excluding carboxylic acids is 1. The van der Waals surface area contributed by atoms with Crippen LogP contribution in [0.1, 0.15) is 15.9 Å². The number of fused-ring (bicyclic) bond motifs is 1. The average molecular weight is 415 g/mol. The molecular formula is C19H17N3O4S2. The first-order valence-electron chi connectivity index (χ1n) is 8.50. The number of thiazole rings is 1. The highest BCUT2D eigenvalue weighted by molar-refractivity contribution is 7.92. The van der Waals surface area contributed by atoms with Crippen molar-refractivity contribution in [2.45, 2.75) is 11.3 Å². The van der Waals surface area contributed by atoms with E-state index in [1.54, 1.807) is 17.6 Å². The summed E-state index contributed by atoms with van der Waals surface area (Å²) >= 11 is 1.27. The Balaban J connectivity index is 1.71. The predicted molar refractivity (Wildman–Crippen MR) is 108 cm³/mol. The summed E-state index contributed by atoms with van der Waals surface area (Å²) in [5.41, 5.74) is 1.79. The smallest absolute Gasteiger partial charge is 0.264 e. The molecule has 3 aromatic rings. The van der Waals surface area contributed by atoms with Gasteiger partial charge in [-0.3, -0.25) is 14.4 Å². The lowest BCUT2D eigenvalue weighted by Crippen LogP contribution is -2.29. The molecule has 2 heterocycles. The van der Waals surface area contributed by atoms with E-state index in [1.807, 2.05) is 18.2 Å². The minimum Gasteiger partial charge on any atom is -0.496 e. The molecule has 0 unspecified atom stereocenters. The second-order valence-corrected chi connectivity index (χ2v) is 8.87. The van der Waals surface area contributed by atoms with Gasteiger partial charge in [-0.25, -0.2) is 13.4 Å². The van der Waals surface area contributed by atoms with Crippen molar-refractivity contribution in [2.24, 2.45) is 0 Å². The highest BCUT2D eigenvalue weighted by Crippen LogP contribution is 2.34. The zero-order valence-corrected chi connectivity index (χ0v) is 16.6. The normalized spacial score (nSPS) is 13.2. The third kappa shape index (κ3) is 3.23. The Hall–Kier alpha value is -2.91. The summed E-state index contributed by atoms with van der Waals surface area (Å²) in [6.07, 6.45) is 2.23. The number of nitrogens with one attached hydrogen (secondary N) is 1. The summed E-state index contributed by atoms with van der Waals surface area (Å²) in [6.45, 7) is 0.369. The molecule has 1 aliphatic rings. The minimum atomic E-state index is -3.81. The van der Waals surface area contributed by atoms with Crippen LogP contribution in [0.4, 0.5) is 10.8 Å². The van der Waals surface area contributed by atoms with Gasteiger partial charge in [0, 0.05) is 18.1 Å². The zero-order chi connectivity index (χ0) is 19.7. The molecule has 0 atom stereocenters. The number of rotatable bonds is 5. The van der Waals surface area contributed by atoms with Gasteiger partial charge < -0.3 is 4.74 Å². The van der Waals surface area contributed by atoms with Crippen LogP contribution >= 0.6 is 11.3 Å². The number of ether oxygens (including phenoxy) is 1. The van der Waals surface area contributed by atoms with Crippen molar-refractivity contribution in [1.82, 2.24) is 4.98 Å². The number of methoxy groups -OCH3 is 1. The number of anilines is 2. The summed E-state index contributed by atoms with van der Waals surface area (Å²) in [5, 5.41) is 4.82. The largest absolute Gasteiger partial charge is 0.496 e. The van der Waals surface area contributed by atoms with E-state index < -0.39 is 15.9 Å². The molecule has 1 aliphatic heterocycles. The first-order chi connectivity index (χ1) is 13.5. The topological polar surface area (TPSA) is 88.6 Å². The summed E-state index contributed by atoms with van der Waals surface area (Å²) in [4.78, 5) is 16.7. The van der Waals surface area contributed by atoms with Crippen molar-refractivity contribution in [1.29, 1.82) is 0 Å². The van der Waals surface area contributed by atoms with E-state index >= 15 is 0 Å². The van der Waals surface area contributed by atoms with Crippen LogP contribution < -0.4 is 14.4 Å². The third-order valence-corrected chi connectivity index (χ3v) is 7.00. The van der Waals surface area contributed by atoms with Crippen LogP contribution in [0.15, 0.2) is 58.9 Å². The zero-order valence-electron chi connectivity index (χ0n) is 15.0. The molecule has 28 heavy (non-hydrogen) atoms. The molecule has 144 valence electrons. The number of hydrogen-bond acceptors (Lipinski definition) is 6. The number of benzene rings is 2. The first-order valence-corrected chi connectivity index (χ1v) is 10.8. The lowest BCUT2D eigenvalue weighted by Gasteiger charge is -2.20. The van der Waals surface area contributed by atoms with Crippen LogP contribution in [0.25, 0.3) is 0 Å². The number of nitrogens with zero attached hydrogens (tertiary/aromatic N) is 2. The van der Waals surface area contributed by atoms with Crippen LogP contribution in [-0.2, 0) is 16.4 Å². The number of amides is 1. The van der Waals surface area contributed by atoms with Crippen molar-refractivity contribution < 1.29 is 17.9 Å². The SMILES string of the molecule is COc1ccc(S(=O)(=O)N2CCc3ccccc32)cc1C(=O)Nc1nccs1. The Bertz CT molecular complexity index is 1130. The van der Waals surface area contributed by atoms with Gasteiger partial charge in [-0.1, -0.05) is 18.2 Å². The summed E-state index contributed by atoms with van der Waals surface area (Å²) in [7, 11) is -2.38. The molecule has 0 saturated heterocycles. The maximum absolute atomic E-state index is 13.2. The van der Waals surface area contributed by atoms with Gasteiger partial charge in [-0.2, -0.15) is 0 Å². The van der Waals surface area contributed by atoms with Crippen molar-refractivity contribution in [3.05, 3.63) is 65.2 Å². The fraction of sp³-hybridized carbons (Fsp3) is 0.158. The molecule has 0 aliphatic carbocycles. The van der Waals surface area contributed by atoms with Crippen molar-refractivity contribution in [2.75, 3.05) is 23.3 Å². The van der Waals surface area contributed by atoms with E-state index in [2.05, 4.69) is 10.3 Å². The van der Waals surface area contributed by atoms with Crippen molar-refractivity contribution >= 4 is 38.1 Å². The van der Waals surface area contributed by atoms with E-state index in [0.29, 0.717) is 23.8 Å². The number of para-hydroxylation sites is 1. The predicted octanol–water partition coefficient (Wildman–Crippen LogP) is 3.16.